The van der Waals surface area contributed by atoms with Gasteiger partial charge >= 0.3 is 0 Å². The molecule has 4 aromatic rings. The normalized spacial score (nSPS) is 11.9. The summed E-state index contributed by atoms with van der Waals surface area (Å²) in [5.74, 6) is -0.796. The zero-order valence-electron chi connectivity index (χ0n) is 25.9. The van der Waals surface area contributed by atoms with Crippen molar-refractivity contribution >= 4 is 39.1 Å². The first kappa shape index (κ1) is 33.7. The number of benzene rings is 4. The summed E-state index contributed by atoms with van der Waals surface area (Å²) in [6, 6.07) is 29.3. The molecule has 0 spiro atoms. The first-order valence-corrected chi connectivity index (χ1v) is 16.9. The number of nitrogens with one attached hydrogen (secondary N) is 1. The molecule has 0 aliphatic carbocycles. The van der Waals surface area contributed by atoms with E-state index in [0.717, 1.165) is 33.8 Å². The van der Waals surface area contributed by atoms with Crippen molar-refractivity contribution in [1.82, 2.24) is 10.2 Å². The molecule has 0 heterocycles. The maximum absolute atomic E-state index is 14.6. The molecule has 0 fully saturated rings. The van der Waals surface area contributed by atoms with E-state index in [1.807, 2.05) is 63.2 Å². The second-order valence-electron chi connectivity index (χ2n) is 11.1. The molecule has 0 unspecified atom stereocenters. The topological polar surface area (TPSA) is 86.8 Å². The fourth-order valence-electron chi connectivity index (χ4n) is 5.07. The first-order valence-electron chi connectivity index (χ1n) is 15.1. The van der Waals surface area contributed by atoms with Gasteiger partial charge in [-0.25, -0.2) is 8.42 Å². The van der Waals surface area contributed by atoms with Crippen LogP contribution in [0.25, 0.3) is 0 Å². The third-order valence-corrected chi connectivity index (χ3v) is 9.64. The lowest BCUT2D eigenvalue weighted by molar-refractivity contribution is -0.140. The van der Waals surface area contributed by atoms with Crippen molar-refractivity contribution in [2.45, 2.75) is 57.5 Å². The van der Waals surface area contributed by atoms with Crippen molar-refractivity contribution in [2.24, 2.45) is 0 Å². The van der Waals surface area contributed by atoms with Crippen LogP contribution in [0, 0.1) is 13.8 Å². The van der Waals surface area contributed by atoms with E-state index in [1.165, 1.54) is 17.0 Å². The van der Waals surface area contributed by atoms with E-state index < -0.39 is 28.5 Å². The number of anilines is 1. The second-order valence-corrected chi connectivity index (χ2v) is 13.4. The Hall–Kier alpha value is -4.14. The molecule has 4 rings (SSSR count). The van der Waals surface area contributed by atoms with Crippen molar-refractivity contribution < 1.29 is 18.0 Å². The number of amides is 2. The molecule has 236 valence electrons. The molecule has 0 saturated carbocycles. The molecule has 45 heavy (non-hydrogen) atoms. The number of halogens is 1. The van der Waals surface area contributed by atoms with Crippen LogP contribution < -0.4 is 9.62 Å². The number of nitrogens with zero attached hydrogens (tertiary/aromatic N) is 2. The third kappa shape index (κ3) is 8.96. The van der Waals surface area contributed by atoms with Crippen LogP contribution in [0.3, 0.4) is 0 Å². The van der Waals surface area contributed by atoms with Gasteiger partial charge in [-0.1, -0.05) is 97.7 Å². The molecule has 1 N–H and O–H groups in total. The fraction of sp³-hybridized carbons (Fsp3) is 0.278. The highest BCUT2D eigenvalue weighted by Gasteiger charge is 2.35. The van der Waals surface area contributed by atoms with E-state index in [2.05, 4.69) is 5.32 Å². The van der Waals surface area contributed by atoms with E-state index in [-0.39, 0.29) is 23.8 Å². The lowest BCUT2D eigenvalue weighted by Crippen LogP contribution is -2.53. The van der Waals surface area contributed by atoms with Gasteiger partial charge in [0.1, 0.15) is 12.6 Å². The highest BCUT2D eigenvalue weighted by Crippen LogP contribution is 2.29. The summed E-state index contributed by atoms with van der Waals surface area (Å²) in [5.41, 5.74) is 3.61. The Morgan fingerprint density at radius 1 is 0.844 bits per heavy atom. The van der Waals surface area contributed by atoms with Gasteiger partial charge in [0.15, 0.2) is 0 Å². The van der Waals surface area contributed by atoms with E-state index >= 15 is 0 Å². The summed E-state index contributed by atoms with van der Waals surface area (Å²) in [6.45, 7) is 5.79. The smallest absolute Gasteiger partial charge is 0.264 e. The number of carbonyl (C=O) groups is 2. The fourth-order valence-corrected chi connectivity index (χ4v) is 6.69. The number of rotatable bonds is 14. The Morgan fingerprint density at radius 3 is 2.13 bits per heavy atom. The molecule has 0 aromatic heterocycles. The standard InChI is InChI=1S/C36H40ClN3O4S/c1-4-5-22-38-36(42)34(24-29-12-8-6-9-13-29)39(25-30-18-20-31(37)21-19-30)35(41)26-40(33-23-27(2)16-17-28(33)3)45(43,44)32-14-10-7-11-15-32/h6-21,23,34H,4-5,22,24-26H2,1-3H3,(H,38,42)/t34-/m1/s1. The van der Waals surface area contributed by atoms with Crippen LogP contribution in [-0.4, -0.2) is 44.3 Å². The Kier molecular flexibility index (Phi) is 11.8. The lowest BCUT2D eigenvalue weighted by atomic mass is 10.0. The molecule has 0 aliphatic rings. The molecule has 0 radical (unpaired) electrons. The predicted molar refractivity (Wildman–Crippen MR) is 181 cm³/mol. The summed E-state index contributed by atoms with van der Waals surface area (Å²) in [5, 5.41) is 3.55. The largest absolute Gasteiger partial charge is 0.354 e. The zero-order valence-corrected chi connectivity index (χ0v) is 27.5. The van der Waals surface area contributed by atoms with Crippen LogP contribution in [0.4, 0.5) is 5.69 Å². The van der Waals surface area contributed by atoms with Gasteiger partial charge in [-0.2, -0.15) is 0 Å². The van der Waals surface area contributed by atoms with Crippen molar-refractivity contribution in [3.8, 4) is 0 Å². The summed E-state index contributed by atoms with van der Waals surface area (Å²) >= 11 is 6.16. The minimum Gasteiger partial charge on any atom is -0.354 e. The number of hydrogen-bond donors (Lipinski definition) is 1. The maximum Gasteiger partial charge on any atom is 0.264 e. The third-order valence-electron chi connectivity index (χ3n) is 7.61. The van der Waals surface area contributed by atoms with Gasteiger partial charge in [-0.05, 0) is 72.9 Å². The highest BCUT2D eigenvalue weighted by molar-refractivity contribution is 7.92. The van der Waals surface area contributed by atoms with Crippen molar-refractivity contribution in [3.05, 3.63) is 130 Å². The average Bonchev–Trinajstić information content (AvgIpc) is 3.04. The summed E-state index contributed by atoms with van der Waals surface area (Å²) in [4.78, 5) is 29.9. The summed E-state index contributed by atoms with van der Waals surface area (Å²) < 4.78 is 29.5. The van der Waals surface area contributed by atoms with Crippen molar-refractivity contribution in [1.29, 1.82) is 0 Å². The minimum absolute atomic E-state index is 0.0705. The van der Waals surface area contributed by atoms with E-state index in [4.69, 9.17) is 11.6 Å². The second kappa shape index (κ2) is 15.7. The molecule has 9 heteroatoms. The van der Waals surface area contributed by atoms with Gasteiger partial charge in [-0.15, -0.1) is 0 Å². The van der Waals surface area contributed by atoms with Crippen molar-refractivity contribution in [2.75, 3.05) is 17.4 Å². The summed E-state index contributed by atoms with van der Waals surface area (Å²) in [7, 11) is -4.16. The molecule has 1 atom stereocenters. The quantitative estimate of drug-likeness (QED) is 0.155. The lowest BCUT2D eigenvalue weighted by Gasteiger charge is -2.34. The van der Waals surface area contributed by atoms with Gasteiger partial charge < -0.3 is 10.2 Å². The zero-order chi connectivity index (χ0) is 32.4. The van der Waals surface area contributed by atoms with Crippen LogP contribution in [0.1, 0.15) is 42.0 Å². The van der Waals surface area contributed by atoms with Crippen LogP contribution in [-0.2, 0) is 32.6 Å². The van der Waals surface area contributed by atoms with Gasteiger partial charge in [0.2, 0.25) is 11.8 Å². The Labute approximate surface area is 271 Å². The monoisotopic (exact) mass is 645 g/mol. The Balaban J connectivity index is 1.81. The first-order chi connectivity index (χ1) is 21.6. The van der Waals surface area contributed by atoms with E-state index in [9.17, 15) is 18.0 Å². The van der Waals surface area contributed by atoms with Gasteiger partial charge in [-0.3, -0.25) is 13.9 Å². The molecule has 0 aliphatic heterocycles. The van der Waals surface area contributed by atoms with Crippen LogP contribution in [0.15, 0.2) is 108 Å². The van der Waals surface area contributed by atoms with E-state index in [0.29, 0.717) is 22.8 Å². The number of sulfonamides is 1. The summed E-state index contributed by atoms with van der Waals surface area (Å²) in [6.07, 6.45) is 1.96. The number of aryl methyl sites for hydroxylation is 2. The number of carbonyl (C=O) groups excluding carboxylic acids is 2. The Bertz CT molecular complexity index is 1680. The number of hydrogen-bond acceptors (Lipinski definition) is 4. The van der Waals surface area contributed by atoms with Gasteiger partial charge in [0, 0.05) is 24.5 Å². The molecule has 0 bridgehead atoms. The Morgan fingerprint density at radius 2 is 1.49 bits per heavy atom. The average molecular weight is 646 g/mol. The SMILES string of the molecule is CCCCNC(=O)[C@@H](Cc1ccccc1)N(Cc1ccc(Cl)cc1)C(=O)CN(c1cc(C)ccc1C)S(=O)(=O)c1ccccc1. The van der Waals surface area contributed by atoms with Crippen LogP contribution in [0.2, 0.25) is 5.02 Å². The molecule has 7 nitrogen and oxygen atoms in total. The van der Waals surface area contributed by atoms with Crippen LogP contribution >= 0.6 is 11.6 Å². The van der Waals surface area contributed by atoms with E-state index in [1.54, 1.807) is 48.5 Å². The van der Waals surface area contributed by atoms with Gasteiger partial charge in [0.25, 0.3) is 10.0 Å². The van der Waals surface area contributed by atoms with Crippen LogP contribution in [0.5, 0.6) is 0 Å². The number of unbranched alkanes of at least 4 members (excludes halogenated alkanes) is 1. The van der Waals surface area contributed by atoms with Crippen molar-refractivity contribution in [3.63, 3.8) is 0 Å². The molecule has 4 aromatic carbocycles. The molecular weight excluding hydrogens is 606 g/mol. The maximum atomic E-state index is 14.6. The molecule has 0 saturated heterocycles. The molecular formula is C36H40ClN3O4S. The predicted octanol–water partition coefficient (Wildman–Crippen LogP) is 6.71. The highest BCUT2D eigenvalue weighted by atomic mass is 35.5. The van der Waals surface area contributed by atoms with Gasteiger partial charge in [0.05, 0.1) is 10.6 Å². The minimum atomic E-state index is -4.16. The molecule has 2 amide bonds.